The molecule has 0 aromatic heterocycles. The standard InChI is InChI=1S/C4H9F2N3O/c1-2(3(5)6)8-4(7)9-10/h2-3,10H,1H3,(H3,7,8,9). The second kappa shape index (κ2) is 3.99. The van der Waals surface area contributed by atoms with Crippen LogP contribution in [0.1, 0.15) is 6.92 Å². The predicted molar refractivity (Wildman–Crippen MR) is 32.0 cm³/mol. The zero-order chi connectivity index (χ0) is 8.15. The van der Waals surface area contributed by atoms with Crippen molar-refractivity contribution in [3.8, 4) is 0 Å². The lowest BCUT2D eigenvalue weighted by molar-refractivity contribution is 0.123. The van der Waals surface area contributed by atoms with Crippen molar-refractivity contribution in [2.45, 2.75) is 19.4 Å². The molecule has 0 aliphatic carbocycles. The highest BCUT2D eigenvalue weighted by atomic mass is 19.3. The lowest BCUT2D eigenvalue weighted by Gasteiger charge is -2.04. The van der Waals surface area contributed by atoms with E-state index in [0.717, 1.165) is 0 Å². The fourth-order valence-corrected chi connectivity index (χ4v) is 0.305. The van der Waals surface area contributed by atoms with E-state index in [1.165, 1.54) is 12.4 Å². The van der Waals surface area contributed by atoms with Crippen LogP contribution in [0.15, 0.2) is 4.99 Å². The Kier molecular flexibility index (Phi) is 3.63. The number of nitrogens with one attached hydrogen (secondary N) is 1. The third-order valence-corrected chi connectivity index (χ3v) is 0.822. The molecule has 6 heteroatoms. The van der Waals surface area contributed by atoms with E-state index in [-0.39, 0.29) is 0 Å². The highest BCUT2D eigenvalue weighted by Crippen LogP contribution is 2.02. The first-order chi connectivity index (χ1) is 4.57. The summed E-state index contributed by atoms with van der Waals surface area (Å²) in [6.45, 7) is 1.19. The van der Waals surface area contributed by atoms with Crippen molar-refractivity contribution in [3.63, 3.8) is 0 Å². The molecule has 0 aliphatic heterocycles. The van der Waals surface area contributed by atoms with Gasteiger partial charge in [-0.2, -0.15) is 0 Å². The normalized spacial score (nSPS) is 15.5. The second-order valence-corrected chi connectivity index (χ2v) is 1.70. The Bertz CT molecular complexity index is 128. The van der Waals surface area contributed by atoms with E-state index in [4.69, 9.17) is 10.9 Å². The van der Waals surface area contributed by atoms with E-state index < -0.39 is 18.4 Å². The summed E-state index contributed by atoms with van der Waals surface area (Å²) in [4.78, 5) is 3.18. The van der Waals surface area contributed by atoms with Crippen molar-refractivity contribution in [1.82, 2.24) is 5.48 Å². The lowest BCUT2D eigenvalue weighted by Crippen LogP contribution is -2.31. The van der Waals surface area contributed by atoms with Crippen LogP contribution in [0.5, 0.6) is 0 Å². The topological polar surface area (TPSA) is 70.6 Å². The number of hydroxylamine groups is 1. The third kappa shape index (κ3) is 3.18. The second-order valence-electron chi connectivity index (χ2n) is 1.70. The molecule has 0 aromatic carbocycles. The fraction of sp³-hybridized carbons (Fsp3) is 0.750. The van der Waals surface area contributed by atoms with Gasteiger partial charge in [0.05, 0.1) is 0 Å². The molecule has 4 nitrogen and oxygen atoms in total. The van der Waals surface area contributed by atoms with Crippen LogP contribution in [0.25, 0.3) is 0 Å². The first-order valence-corrected chi connectivity index (χ1v) is 2.59. The zero-order valence-corrected chi connectivity index (χ0v) is 5.38. The van der Waals surface area contributed by atoms with Gasteiger partial charge in [-0.05, 0) is 6.92 Å². The van der Waals surface area contributed by atoms with E-state index in [9.17, 15) is 8.78 Å². The van der Waals surface area contributed by atoms with Crippen LogP contribution < -0.4 is 11.2 Å². The Balaban J connectivity index is 3.86. The van der Waals surface area contributed by atoms with Crippen LogP contribution >= 0.6 is 0 Å². The van der Waals surface area contributed by atoms with Crippen molar-refractivity contribution < 1.29 is 14.0 Å². The van der Waals surface area contributed by atoms with Crippen LogP contribution in [0.3, 0.4) is 0 Å². The third-order valence-electron chi connectivity index (χ3n) is 0.822. The smallest absolute Gasteiger partial charge is 0.260 e. The van der Waals surface area contributed by atoms with E-state index >= 15 is 0 Å². The minimum Gasteiger partial charge on any atom is -0.368 e. The van der Waals surface area contributed by atoms with Gasteiger partial charge in [0.1, 0.15) is 6.04 Å². The van der Waals surface area contributed by atoms with E-state index in [0.29, 0.717) is 0 Å². The van der Waals surface area contributed by atoms with Gasteiger partial charge in [0.2, 0.25) is 5.96 Å². The molecule has 0 spiro atoms. The van der Waals surface area contributed by atoms with Crippen molar-refractivity contribution in [1.29, 1.82) is 0 Å². The van der Waals surface area contributed by atoms with E-state index in [1.54, 1.807) is 0 Å². The number of guanidine groups is 1. The zero-order valence-electron chi connectivity index (χ0n) is 5.38. The molecule has 0 heterocycles. The number of aliphatic imine (C=N–C) groups is 1. The Morgan fingerprint density at radius 1 is 1.70 bits per heavy atom. The lowest BCUT2D eigenvalue weighted by atomic mass is 10.4. The van der Waals surface area contributed by atoms with E-state index in [1.807, 2.05) is 0 Å². The average molecular weight is 153 g/mol. The molecule has 1 unspecified atom stereocenters. The summed E-state index contributed by atoms with van der Waals surface area (Å²) < 4.78 is 23.3. The van der Waals surface area contributed by atoms with Gasteiger partial charge in [-0.25, -0.2) is 19.3 Å². The quantitative estimate of drug-likeness (QED) is 0.295. The number of halogens is 2. The van der Waals surface area contributed by atoms with Gasteiger partial charge in [-0.3, -0.25) is 5.21 Å². The Labute approximate surface area is 56.7 Å². The number of hydrogen-bond acceptors (Lipinski definition) is 2. The van der Waals surface area contributed by atoms with Crippen molar-refractivity contribution in [2.24, 2.45) is 10.7 Å². The van der Waals surface area contributed by atoms with Gasteiger partial charge < -0.3 is 5.73 Å². The summed E-state index contributed by atoms with van der Waals surface area (Å²) in [6.07, 6.45) is -2.56. The highest BCUT2D eigenvalue weighted by Gasteiger charge is 2.12. The van der Waals surface area contributed by atoms with Crippen molar-refractivity contribution >= 4 is 5.96 Å². The molecule has 1 atom stereocenters. The Hall–Kier alpha value is -0.910. The van der Waals surface area contributed by atoms with Crippen LogP contribution in [-0.2, 0) is 0 Å². The maximum absolute atomic E-state index is 11.7. The number of nitrogens with zero attached hydrogens (tertiary/aromatic N) is 1. The molecule has 4 N–H and O–H groups in total. The minimum atomic E-state index is -2.56. The summed E-state index contributed by atoms with van der Waals surface area (Å²) in [5, 5.41) is 8.01. The number of nitrogens with two attached hydrogens (primary N) is 1. The summed E-state index contributed by atoms with van der Waals surface area (Å²) in [5.74, 6) is -0.409. The van der Waals surface area contributed by atoms with Crippen LogP contribution in [-0.4, -0.2) is 23.6 Å². The molecule has 0 rings (SSSR count). The van der Waals surface area contributed by atoms with E-state index in [2.05, 4.69) is 4.99 Å². The molecule has 0 aromatic rings. The molecule has 0 bridgehead atoms. The van der Waals surface area contributed by atoms with Gasteiger partial charge in [0.25, 0.3) is 6.43 Å². The average Bonchev–Trinajstić information content (AvgIpc) is 1.87. The highest BCUT2D eigenvalue weighted by molar-refractivity contribution is 5.76. The number of alkyl halides is 2. The molecule has 0 saturated carbocycles. The maximum Gasteiger partial charge on any atom is 0.260 e. The Morgan fingerprint density at radius 2 is 2.20 bits per heavy atom. The minimum absolute atomic E-state index is 0.409. The monoisotopic (exact) mass is 153 g/mol. The van der Waals surface area contributed by atoms with Crippen molar-refractivity contribution in [2.75, 3.05) is 0 Å². The summed E-state index contributed by atoms with van der Waals surface area (Å²) in [5.41, 5.74) is 6.31. The summed E-state index contributed by atoms with van der Waals surface area (Å²) >= 11 is 0. The molecule has 0 radical (unpaired) electrons. The first kappa shape index (κ1) is 9.09. The molecular formula is C4H9F2N3O. The van der Waals surface area contributed by atoms with Crippen molar-refractivity contribution in [3.05, 3.63) is 0 Å². The molecule has 10 heavy (non-hydrogen) atoms. The molecule has 0 saturated heterocycles. The number of rotatable bonds is 2. The molecule has 60 valence electrons. The van der Waals surface area contributed by atoms with Gasteiger partial charge in [-0.15, -0.1) is 0 Å². The van der Waals surface area contributed by atoms with Gasteiger partial charge in [-0.1, -0.05) is 0 Å². The van der Waals surface area contributed by atoms with Gasteiger partial charge in [0.15, 0.2) is 0 Å². The summed E-state index contributed by atoms with van der Waals surface area (Å²) in [6, 6.07) is -1.19. The maximum atomic E-state index is 11.7. The van der Waals surface area contributed by atoms with Gasteiger partial charge >= 0.3 is 0 Å². The molecule has 0 aliphatic rings. The first-order valence-electron chi connectivity index (χ1n) is 2.59. The summed E-state index contributed by atoms with van der Waals surface area (Å²) in [7, 11) is 0. The van der Waals surface area contributed by atoms with Crippen LogP contribution in [0, 0.1) is 0 Å². The predicted octanol–water partition coefficient (Wildman–Crippen LogP) is -0.0665. The van der Waals surface area contributed by atoms with Crippen LogP contribution in [0.2, 0.25) is 0 Å². The fourth-order valence-electron chi connectivity index (χ4n) is 0.305. The van der Waals surface area contributed by atoms with Crippen LogP contribution in [0.4, 0.5) is 8.78 Å². The van der Waals surface area contributed by atoms with Gasteiger partial charge in [0, 0.05) is 0 Å². The molecular weight excluding hydrogens is 144 g/mol. The molecule has 0 amide bonds. The molecule has 0 fully saturated rings. The Morgan fingerprint density at radius 3 is 2.50 bits per heavy atom. The number of hydrogen-bond donors (Lipinski definition) is 3. The SMILES string of the molecule is CC(N=C(N)NO)C(F)F. The largest absolute Gasteiger partial charge is 0.368 e.